The number of hydrogen-bond donors (Lipinski definition) is 1. The van der Waals surface area contributed by atoms with Gasteiger partial charge in [-0.2, -0.15) is 0 Å². The number of nitrogens with one attached hydrogen (secondary N) is 1. The minimum absolute atomic E-state index is 0.490. The number of fused-ring (bicyclic) bond motifs is 1. The molecule has 3 nitrogen and oxygen atoms in total. The molecule has 16 heavy (non-hydrogen) atoms. The summed E-state index contributed by atoms with van der Waals surface area (Å²) in [5.41, 5.74) is 1.32. The zero-order valence-corrected chi connectivity index (χ0v) is 9.37. The van der Waals surface area contributed by atoms with Crippen molar-refractivity contribution in [2.75, 3.05) is 19.8 Å². The maximum absolute atomic E-state index is 5.60. The highest BCUT2D eigenvalue weighted by atomic mass is 16.6. The smallest absolute Gasteiger partial charge is 0.161 e. The third-order valence-electron chi connectivity index (χ3n) is 3.28. The highest BCUT2D eigenvalue weighted by Crippen LogP contribution is 2.34. The summed E-state index contributed by atoms with van der Waals surface area (Å²) in [6.07, 6.45) is 3.83. The van der Waals surface area contributed by atoms with Crippen molar-refractivity contribution in [3.8, 4) is 11.5 Å². The van der Waals surface area contributed by atoms with Crippen molar-refractivity contribution >= 4 is 0 Å². The average molecular weight is 219 g/mol. The Kier molecular flexibility index (Phi) is 2.70. The molecule has 2 aliphatic rings. The second kappa shape index (κ2) is 4.34. The summed E-state index contributed by atoms with van der Waals surface area (Å²) < 4.78 is 11.1. The Labute approximate surface area is 95.8 Å². The molecular weight excluding hydrogens is 202 g/mol. The first kappa shape index (κ1) is 9.97. The van der Waals surface area contributed by atoms with E-state index in [1.54, 1.807) is 0 Å². The Bertz CT molecular complexity index is 372. The molecule has 0 radical (unpaired) electrons. The Morgan fingerprint density at radius 3 is 2.75 bits per heavy atom. The molecule has 0 aromatic heterocycles. The van der Waals surface area contributed by atoms with Crippen LogP contribution in [0.1, 0.15) is 30.9 Å². The molecule has 0 amide bonds. The maximum atomic E-state index is 5.60. The lowest BCUT2D eigenvalue weighted by molar-refractivity contribution is 0.171. The number of piperidine rings is 1. The van der Waals surface area contributed by atoms with Gasteiger partial charge in [-0.25, -0.2) is 0 Å². The lowest BCUT2D eigenvalue weighted by atomic mass is 9.97. The van der Waals surface area contributed by atoms with E-state index in [1.165, 1.54) is 24.8 Å². The van der Waals surface area contributed by atoms with E-state index in [4.69, 9.17) is 9.47 Å². The van der Waals surface area contributed by atoms with Crippen LogP contribution in [0.25, 0.3) is 0 Å². The first-order valence-corrected chi connectivity index (χ1v) is 6.06. The van der Waals surface area contributed by atoms with Crippen molar-refractivity contribution in [3.05, 3.63) is 23.8 Å². The van der Waals surface area contributed by atoms with Crippen LogP contribution in [0.2, 0.25) is 0 Å². The van der Waals surface area contributed by atoms with Gasteiger partial charge in [-0.15, -0.1) is 0 Å². The molecule has 1 N–H and O–H groups in total. The van der Waals surface area contributed by atoms with Crippen molar-refractivity contribution in [1.82, 2.24) is 5.32 Å². The van der Waals surface area contributed by atoms with Crippen molar-refractivity contribution in [1.29, 1.82) is 0 Å². The summed E-state index contributed by atoms with van der Waals surface area (Å²) in [6, 6.07) is 6.79. The second-order valence-electron chi connectivity index (χ2n) is 4.41. The Balaban J connectivity index is 1.84. The first-order valence-electron chi connectivity index (χ1n) is 6.06. The fraction of sp³-hybridized carbons (Fsp3) is 0.538. The predicted molar refractivity (Wildman–Crippen MR) is 62.0 cm³/mol. The van der Waals surface area contributed by atoms with E-state index in [0.717, 1.165) is 18.0 Å². The fourth-order valence-electron chi connectivity index (χ4n) is 2.41. The van der Waals surface area contributed by atoms with E-state index >= 15 is 0 Å². The molecular formula is C13H17NO2. The number of hydrogen-bond acceptors (Lipinski definition) is 3. The summed E-state index contributed by atoms with van der Waals surface area (Å²) >= 11 is 0. The third kappa shape index (κ3) is 1.87. The summed E-state index contributed by atoms with van der Waals surface area (Å²) in [4.78, 5) is 0. The highest BCUT2D eigenvalue weighted by molar-refractivity contribution is 5.44. The summed E-state index contributed by atoms with van der Waals surface area (Å²) in [5, 5.41) is 3.55. The number of ether oxygens (including phenoxy) is 2. The average Bonchev–Trinajstić information content (AvgIpc) is 2.39. The highest BCUT2D eigenvalue weighted by Gasteiger charge is 2.18. The van der Waals surface area contributed by atoms with Crippen LogP contribution in [0.3, 0.4) is 0 Å². The molecule has 3 heteroatoms. The quantitative estimate of drug-likeness (QED) is 0.786. The summed E-state index contributed by atoms with van der Waals surface area (Å²) in [5.74, 6) is 1.78. The van der Waals surface area contributed by atoms with Crippen molar-refractivity contribution < 1.29 is 9.47 Å². The number of benzene rings is 1. The standard InChI is InChI=1S/C13H17NO2/c1-2-6-14-11(3-1)10-4-5-12-13(9-10)16-8-7-15-12/h4-5,9,11,14H,1-3,6-8H2/t11-/m1/s1. The van der Waals surface area contributed by atoms with Crippen molar-refractivity contribution in [2.24, 2.45) is 0 Å². The molecule has 2 heterocycles. The van der Waals surface area contributed by atoms with E-state index in [-0.39, 0.29) is 0 Å². The molecule has 1 atom stereocenters. The molecule has 86 valence electrons. The van der Waals surface area contributed by atoms with Gasteiger partial charge in [0.1, 0.15) is 13.2 Å². The minimum Gasteiger partial charge on any atom is -0.486 e. The van der Waals surface area contributed by atoms with E-state index < -0.39 is 0 Å². The predicted octanol–water partition coefficient (Wildman–Crippen LogP) is 2.27. The van der Waals surface area contributed by atoms with Crippen LogP contribution in [0.4, 0.5) is 0 Å². The molecule has 1 aromatic rings. The lowest BCUT2D eigenvalue weighted by Crippen LogP contribution is -2.27. The second-order valence-corrected chi connectivity index (χ2v) is 4.41. The Morgan fingerprint density at radius 2 is 1.94 bits per heavy atom. The van der Waals surface area contributed by atoms with Crippen LogP contribution in [-0.4, -0.2) is 19.8 Å². The van der Waals surface area contributed by atoms with E-state index in [2.05, 4.69) is 17.4 Å². The van der Waals surface area contributed by atoms with E-state index in [1.807, 2.05) is 6.07 Å². The minimum atomic E-state index is 0.490. The van der Waals surface area contributed by atoms with Crippen LogP contribution < -0.4 is 14.8 Å². The third-order valence-corrected chi connectivity index (χ3v) is 3.28. The van der Waals surface area contributed by atoms with Gasteiger partial charge in [0.05, 0.1) is 0 Å². The SMILES string of the molecule is c1cc2c(cc1[C@H]1CCCCN1)OCCO2. The molecule has 1 aromatic carbocycles. The summed E-state index contributed by atoms with van der Waals surface area (Å²) in [7, 11) is 0. The Morgan fingerprint density at radius 1 is 1.06 bits per heavy atom. The van der Waals surface area contributed by atoms with Gasteiger partial charge < -0.3 is 14.8 Å². The molecule has 1 saturated heterocycles. The van der Waals surface area contributed by atoms with Gasteiger partial charge in [-0.05, 0) is 37.1 Å². The fourth-order valence-corrected chi connectivity index (χ4v) is 2.41. The van der Waals surface area contributed by atoms with Gasteiger partial charge in [0, 0.05) is 6.04 Å². The monoisotopic (exact) mass is 219 g/mol. The molecule has 0 aliphatic carbocycles. The van der Waals surface area contributed by atoms with Crippen molar-refractivity contribution in [2.45, 2.75) is 25.3 Å². The molecule has 0 unspecified atom stereocenters. The van der Waals surface area contributed by atoms with E-state index in [9.17, 15) is 0 Å². The molecule has 1 fully saturated rings. The van der Waals surface area contributed by atoms with Gasteiger partial charge in [-0.3, -0.25) is 0 Å². The van der Waals surface area contributed by atoms with Crippen LogP contribution in [-0.2, 0) is 0 Å². The van der Waals surface area contributed by atoms with Gasteiger partial charge in [-0.1, -0.05) is 12.5 Å². The van der Waals surface area contributed by atoms with Crippen LogP contribution in [0, 0.1) is 0 Å². The lowest BCUT2D eigenvalue weighted by Gasteiger charge is -2.25. The maximum Gasteiger partial charge on any atom is 0.161 e. The molecule has 0 saturated carbocycles. The van der Waals surface area contributed by atoms with Crippen LogP contribution >= 0.6 is 0 Å². The molecule has 0 spiro atoms. The number of rotatable bonds is 1. The molecule has 0 bridgehead atoms. The van der Waals surface area contributed by atoms with Crippen LogP contribution in [0.15, 0.2) is 18.2 Å². The zero-order valence-electron chi connectivity index (χ0n) is 9.37. The zero-order chi connectivity index (χ0) is 10.8. The van der Waals surface area contributed by atoms with Gasteiger partial charge in [0.25, 0.3) is 0 Å². The van der Waals surface area contributed by atoms with Gasteiger partial charge in [0.2, 0.25) is 0 Å². The molecule has 2 aliphatic heterocycles. The summed E-state index contributed by atoms with van der Waals surface area (Å²) in [6.45, 7) is 2.45. The first-order chi connectivity index (χ1) is 7.93. The Hall–Kier alpha value is -1.22. The largest absolute Gasteiger partial charge is 0.486 e. The van der Waals surface area contributed by atoms with Crippen LogP contribution in [0.5, 0.6) is 11.5 Å². The van der Waals surface area contributed by atoms with Crippen molar-refractivity contribution in [3.63, 3.8) is 0 Å². The normalized spacial score (nSPS) is 24.1. The molecule has 3 rings (SSSR count). The van der Waals surface area contributed by atoms with Gasteiger partial charge in [0.15, 0.2) is 11.5 Å². The van der Waals surface area contributed by atoms with E-state index in [0.29, 0.717) is 19.3 Å². The topological polar surface area (TPSA) is 30.5 Å². The van der Waals surface area contributed by atoms with Gasteiger partial charge >= 0.3 is 0 Å².